The molecule has 14 heavy (non-hydrogen) atoms. The zero-order chi connectivity index (χ0) is 11.0. The summed E-state index contributed by atoms with van der Waals surface area (Å²) in [6.07, 6.45) is -0.120. The molecule has 1 unspecified atom stereocenters. The van der Waals surface area contributed by atoms with Gasteiger partial charge in [-0.25, -0.2) is 0 Å². The number of rotatable bonds is 6. The molecule has 0 aromatic carbocycles. The smallest absolute Gasteiger partial charge is 0.306 e. The third kappa shape index (κ3) is 6.00. The molecule has 0 radical (unpaired) electrons. The lowest BCUT2D eigenvalue weighted by molar-refractivity contribution is -0.145. The number of carboxylic acids is 1. The van der Waals surface area contributed by atoms with Gasteiger partial charge in [0.1, 0.15) is 0 Å². The third-order valence-electron chi connectivity index (χ3n) is 1.60. The predicted molar refractivity (Wildman–Crippen MR) is 47.2 cm³/mol. The molecule has 0 spiro atoms. The van der Waals surface area contributed by atoms with Crippen LogP contribution in [-0.4, -0.2) is 23.7 Å². The van der Waals surface area contributed by atoms with Gasteiger partial charge in [0.25, 0.3) is 0 Å². The van der Waals surface area contributed by atoms with E-state index in [1.807, 2.05) is 6.07 Å². The minimum absolute atomic E-state index is 0.00625. The van der Waals surface area contributed by atoms with Crippen molar-refractivity contribution in [2.45, 2.75) is 26.2 Å². The zero-order valence-corrected chi connectivity index (χ0v) is 8.02. The van der Waals surface area contributed by atoms with Crippen molar-refractivity contribution in [3.63, 3.8) is 0 Å². The maximum Gasteiger partial charge on any atom is 0.306 e. The maximum atomic E-state index is 11.0. The van der Waals surface area contributed by atoms with Gasteiger partial charge in [0.15, 0.2) is 0 Å². The van der Waals surface area contributed by atoms with E-state index < -0.39 is 17.9 Å². The summed E-state index contributed by atoms with van der Waals surface area (Å²) in [5.74, 6) is -1.90. The summed E-state index contributed by atoms with van der Waals surface area (Å²) in [4.78, 5) is 21.3. The van der Waals surface area contributed by atoms with Crippen molar-refractivity contribution in [2.75, 3.05) is 6.61 Å². The van der Waals surface area contributed by atoms with E-state index in [-0.39, 0.29) is 25.9 Å². The molecule has 5 nitrogen and oxygen atoms in total. The second-order valence-electron chi connectivity index (χ2n) is 2.84. The number of carbonyl (C=O) groups is 2. The highest BCUT2D eigenvalue weighted by molar-refractivity contribution is 5.72. The quantitative estimate of drug-likeness (QED) is 0.643. The molecular formula is C9H13NO4. The molecule has 5 heteroatoms. The predicted octanol–water partition coefficient (Wildman–Crippen LogP) is 0.944. The molecule has 0 rings (SSSR count). The molecule has 0 saturated heterocycles. The first-order valence-corrected chi connectivity index (χ1v) is 4.34. The maximum absolute atomic E-state index is 11.0. The van der Waals surface area contributed by atoms with Crippen molar-refractivity contribution < 1.29 is 19.4 Å². The van der Waals surface area contributed by atoms with Crippen LogP contribution < -0.4 is 0 Å². The number of esters is 1. The molecule has 0 heterocycles. The SMILES string of the molecule is CCOC(=O)CC(CC#N)CC(=O)O. The average molecular weight is 199 g/mol. The van der Waals surface area contributed by atoms with Crippen LogP contribution in [0.4, 0.5) is 0 Å². The van der Waals surface area contributed by atoms with E-state index in [9.17, 15) is 9.59 Å². The van der Waals surface area contributed by atoms with Gasteiger partial charge < -0.3 is 9.84 Å². The molecule has 0 fully saturated rings. The van der Waals surface area contributed by atoms with Crippen LogP contribution in [0.5, 0.6) is 0 Å². The largest absolute Gasteiger partial charge is 0.481 e. The second kappa shape index (κ2) is 6.89. The molecular weight excluding hydrogens is 186 g/mol. The van der Waals surface area contributed by atoms with E-state index in [0.717, 1.165) is 0 Å². The van der Waals surface area contributed by atoms with Crippen molar-refractivity contribution >= 4 is 11.9 Å². The summed E-state index contributed by atoms with van der Waals surface area (Å²) in [6, 6.07) is 1.85. The Kier molecular flexibility index (Phi) is 6.12. The van der Waals surface area contributed by atoms with Gasteiger partial charge >= 0.3 is 11.9 Å². The lowest BCUT2D eigenvalue weighted by Crippen LogP contribution is -2.14. The highest BCUT2D eigenvalue weighted by Crippen LogP contribution is 2.13. The number of nitriles is 1. The van der Waals surface area contributed by atoms with E-state index in [1.165, 1.54) is 0 Å². The number of ether oxygens (including phenoxy) is 1. The number of carbonyl (C=O) groups excluding carboxylic acids is 1. The Bertz CT molecular complexity index is 244. The number of hydrogen-bond acceptors (Lipinski definition) is 4. The van der Waals surface area contributed by atoms with Crippen molar-refractivity contribution in [2.24, 2.45) is 5.92 Å². The van der Waals surface area contributed by atoms with Gasteiger partial charge in [-0.1, -0.05) is 0 Å². The van der Waals surface area contributed by atoms with Gasteiger partial charge in [-0.15, -0.1) is 0 Å². The summed E-state index contributed by atoms with van der Waals surface area (Å²) in [5.41, 5.74) is 0. The summed E-state index contributed by atoms with van der Waals surface area (Å²) in [7, 11) is 0. The van der Waals surface area contributed by atoms with Gasteiger partial charge in [-0.3, -0.25) is 9.59 Å². The van der Waals surface area contributed by atoms with Gasteiger partial charge in [0.2, 0.25) is 0 Å². The standard InChI is InChI=1S/C9H13NO4/c1-2-14-9(13)6-7(3-4-10)5-8(11)12/h7H,2-3,5-6H2,1H3,(H,11,12). The van der Waals surface area contributed by atoms with Crippen molar-refractivity contribution in [1.82, 2.24) is 0 Å². The van der Waals surface area contributed by atoms with Gasteiger partial charge in [-0.2, -0.15) is 5.26 Å². The molecule has 0 aromatic heterocycles. The fourth-order valence-electron chi connectivity index (χ4n) is 1.05. The van der Waals surface area contributed by atoms with Crippen LogP contribution in [0, 0.1) is 17.2 Å². The van der Waals surface area contributed by atoms with Gasteiger partial charge in [0.05, 0.1) is 12.7 Å². The Morgan fingerprint density at radius 1 is 1.50 bits per heavy atom. The molecule has 0 saturated carbocycles. The Hall–Kier alpha value is -1.57. The summed E-state index contributed by atoms with van der Waals surface area (Å²) < 4.78 is 4.66. The first-order valence-electron chi connectivity index (χ1n) is 4.34. The van der Waals surface area contributed by atoms with Crippen molar-refractivity contribution in [1.29, 1.82) is 5.26 Å². The molecule has 0 aliphatic rings. The first kappa shape index (κ1) is 12.4. The summed E-state index contributed by atoms with van der Waals surface area (Å²) >= 11 is 0. The fourth-order valence-corrected chi connectivity index (χ4v) is 1.05. The number of carboxylic acid groups (broad SMARTS) is 1. The number of nitrogens with zero attached hydrogens (tertiary/aromatic N) is 1. The van der Waals surface area contributed by atoms with Crippen LogP contribution in [0.15, 0.2) is 0 Å². The Labute approximate surface area is 82.3 Å². The number of aliphatic carboxylic acids is 1. The normalized spacial score (nSPS) is 11.4. The molecule has 1 atom stereocenters. The van der Waals surface area contributed by atoms with E-state index in [2.05, 4.69) is 4.74 Å². The fraction of sp³-hybridized carbons (Fsp3) is 0.667. The molecule has 78 valence electrons. The lowest BCUT2D eigenvalue weighted by atomic mass is 9.98. The van der Waals surface area contributed by atoms with Gasteiger partial charge in [-0.05, 0) is 12.8 Å². The average Bonchev–Trinajstić information content (AvgIpc) is 2.03. The summed E-state index contributed by atoms with van der Waals surface area (Å²) in [6.45, 7) is 1.94. The highest BCUT2D eigenvalue weighted by Gasteiger charge is 2.17. The monoisotopic (exact) mass is 199 g/mol. The Balaban J connectivity index is 4.02. The van der Waals surface area contributed by atoms with Crippen LogP contribution in [0.3, 0.4) is 0 Å². The Morgan fingerprint density at radius 3 is 2.57 bits per heavy atom. The van der Waals surface area contributed by atoms with E-state index in [4.69, 9.17) is 10.4 Å². The van der Waals surface area contributed by atoms with Crippen molar-refractivity contribution in [3.05, 3.63) is 0 Å². The molecule has 0 amide bonds. The Morgan fingerprint density at radius 2 is 2.14 bits per heavy atom. The minimum Gasteiger partial charge on any atom is -0.481 e. The van der Waals surface area contributed by atoms with E-state index >= 15 is 0 Å². The molecule has 0 aromatic rings. The molecule has 0 bridgehead atoms. The first-order chi connectivity index (χ1) is 6.60. The topological polar surface area (TPSA) is 87.4 Å². The molecule has 0 aliphatic carbocycles. The second-order valence-corrected chi connectivity index (χ2v) is 2.84. The molecule has 0 aliphatic heterocycles. The lowest BCUT2D eigenvalue weighted by Gasteiger charge is -2.09. The van der Waals surface area contributed by atoms with Crippen LogP contribution in [0.1, 0.15) is 26.2 Å². The third-order valence-corrected chi connectivity index (χ3v) is 1.60. The number of hydrogen-bond donors (Lipinski definition) is 1. The van der Waals surface area contributed by atoms with Crippen molar-refractivity contribution in [3.8, 4) is 6.07 Å². The summed E-state index contributed by atoms with van der Waals surface area (Å²) in [5, 5.41) is 16.9. The molecule has 1 N–H and O–H groups in total. The minimum atomic E-state index is -1.01. The van der Waals surface area contributed by atoms with Gasteiger partial charge in [0, 0.05) is 19.3 Å². The zero-order valence-electron chi connectivity index (χ0n) is 8.02. The van der Waals surface area contributed by atoms with Crippen LogP contribution in [0.2, 0.25) is 0 Å². The highest BCUT2D eigenvalue weighted by atomic mass is 16.5. The van der Waals surface area contributed by atoms with Crippen LogP contribution in [0.25, 0.3) is 0 Å². The van der Waals surface area contributed by atoms with E-state index in [0.29, 0.717) is 0 Å². The van der Waals surface area contributed by atoms with E-state index in [1.54, 1.807) is 6.92 Å². The van der Waals surface area contributed by atoms with Crippen LogP contribution in [-0.2, 0) is 14.3 Å². The van der Waals surface area contributed by atoms with Crippen LogP contribution >= 0.6 is 0 Å².